The Kier molecular flexibility index (Phi) is 3.14. The minimum Gasteiger partial charge on any atom is -0.394 e. The van der Waals surface area contributed by atoms with Gasteiger partial charge < -0.3 is 5.11 Å². The van der Waals surface area contributed by atoms with E-state index in [1.54, 1.807) is 4.68 Å². The normalized spacial score (nSPS) is 10.2. The van der Waals surface area contributed by atoms with E-state index in [4.69, 9.17) is 5.11 Å². The molecule has 1 N–H and O–H groups in total. The molecule has 0 fully saturated rings. The molecule has 0 saturated heterocycles. The Hall–Kier alpha value is -0.100. The van der Waals surface area contributed by atoms with Crippen LogP contribution in [-0.4, -0.2) is 21.5 Å². The zero-order chi connectivity index (χ0) is 7.40. The number of aromatic nitrogens is 2. The molecule has 1 heterocycles. The van der Waals surface area contributed by atoms with E-state index in [2.05, 4.69) is 27.7 Å². The summed E-state index contributed by atoms with van der Waals surface area (Å²) in [7, 11) is 0. The number of hydrogen-bond donors (Lipinski definition) is 1. The zero-order valence-corrected chi connectivity index (χ0v) is 7.65. The summed E-state index contributed by atoms with van der Waals surface area (Å²) in [4.78, 5) is 0. The molecule has 0 spiro atoms. The fraction of sp³-hybridized carbons (Fsp3) is 0.500. The lowest BCUT2D eigenvalue weighted by Gasteiger charge is -1.93. The van der Waals surface area contributed by atoms with Crippen LogP contribution in [0.4, 0.5) is 0 Å². The van der Waals surface area contributed by atoms with Crippen molar-refractivity contribution in [3.63, 3.8) is 0 Å². The Balaban J connectivity index is 2.59. The van der Waals surface area contributed by atoms with Crippen LogP contribution in [0, 0.1) is 0 Å². The lowest BCUT2D eigenvalue weighted by Crippen LogP contribution is -2.01. The van der Waals surface area contributed by atoms with Gasteiger partial charge in [-0.25, -0.2) is 0 Å². The Morgan fingerprint density at radius 2 is 2.50 bits per heavy atom. The van der Waals surface area contributed by atoms with Crippen molar-refractivity contribution in [1.29, 1.82) is 0 Å². The van der Waals surface area contributed by atoms with Gasteiger partial charge in [0, 0.05) is 10.6 Å². The SMILES string of the molecule is OCCn1cc(CI)cn1. The lowest BCUT2D eigenvalue weighted by molar-refractivity contribution is 0.269. The van der Waals surface area contributed by atoms with Gasteiger partial charge in [-0.05, 0) is 5.56 Å². The molecule has 0 bridgehead atoms. The molecule has 0 saturated carbocycles. The van der Waals surface area contributed by atoms with Crippen LogP contribution in [-0.2, 0) is 11.0 Å². The van der Waals surface area contributed by atoms with Gasteiger partial charge in [-0.1, -0.05) is 22.6 Å². The van der Waals surface area contributed by atoms with Gasteiger partial charge in [-0.2, -0.15) is 5.10 Å². The smallest absolute Gasteiger partial charge is 0.0640 e. The lowest BCUT2D eigenvalue weighted by atomic mass is 10.4. The minimum atomic E-state index is 0.155. The van der Waals surface area contributed by atoms with Crippen LogP contribution in [0.15, 0.2) is 12.4 Å². The number of alkyl halides is 1. The fourth-order valence-corrected chi connectivity index (χ4v) is 1.09. The first kappa shape index (κ1) is 8.00. The largest absolute Gasteiger partial charge is 0.394 e. The maximum Gasteiger partial charge on any atom is 0.0640 e. The van der Waals surface area contributed by atoms with Gasteiger partial charge in [-0.15, -0.1) is 0 Å². The van der Waals surface area contributed by atoms with Gasteiger partial charge in [0.05, 0.1) is 19.3 Å². The van der Waals surface area contributed by atoms with Gasteiger partial charge in [0.1, 0.15) is 0 Å². The molecule has 0 atom stereocenters. The molecule has 56 valence electrons. The quantitative estimate of drug-likeness (QED) is 0.638. The Labute approximate surface area is 73.2 Å². The van der Waals surface area contributed by atoms with Gasteiger partial charge in [0.25, 0.3) is 0 Å². The topological polar surface area (TPSA) is 38.0 Å². The van der Waals surface area contributed by atoms with E-state index in [-0.39, 0.29) is 6.61 Å². The van der Waals surface area contributed by atoms with Crippen LogP contribution in [0.3, 0.4) is 0 Å². The van der Waals surface area contributed by atoms with Crippen molar-refractivity contribution in [2.24, 2.45) is 0 Å². The van der Waals surface area contributed by atoms with E-state index in [1.807, 2.05) is 12.4 Å². The summed E-state index contributed by atoms with van der Waals surface area (Å²) in [5.41, 5.74) is 1.20. The number of aliphatic hydroxyl groups is 1. The molecule has 0 amide bonds. The Bertz CT molecular complexity index is 199. The molecule has 1 rings (SSSR count). The standard InChI is InChI=1S/C6H9IN2O/c7-3-6-4-8-9(5-6)1-2-10/h4-5,10H,1-3H2. The molecule has 10 heavy (non-hydrogen) atoms. The van der Waals surface area contributed by atoms with Gasteiger partial charge in [-0.3, -0.25) is 4.68 Å². The maximum absolute atomic E-state index is 8.54. The van der Waals surface area contributed by atoms with Crippen molar-refractivity contribution < 1.29 is 5.11 Å². The Morgan fingerprint density at radius 1 is 1.70 bits per heavy atom. The molecule has 0 aliphatic carbocycles. The van der Waals surface area contributed by atoms with Crippen LogP contribution in [0.25, 0.3) is 0 Å². The highest BCUT2D eigenvalue weighted by Crippen LogP contribution is 2.02. The number of nitrogens with zero attached hydrogens (tertiary/aromatic N) is 2. The second-order valence-electron chi connectivity index (χ2n) is 1.97. The van der Waals surface area contributed by atoms with Crippen LogP contribution in [0.5, 0.6) is 0 Å². The monoisotopic (exact) mass is 252 g/mol. The molecule has 1 aromatic heterocycles. The third-order valence-electron chi connectivity index (χ3n) is 1.17. The summed E-state index contributed by atoms with van der Waals surface area (Å²) in [6, 6.07) is 0. The van der Waals surface area contributed by atoms with E-state index in [1.165, 1.54) is 5.56 Å². The van der Waals surface area contributed by atoms with Crippen molar-refractivity contribution in [3.05, 3.63) is 18.0 Å². The fourth-order valence-electron chi connectivity index (χ4n) is 0.700. The molecule has 0 aromatic carbocycles. The third kappa shape index (κ3) is 1.95. The summed E-state index contributed by atoms with van der Waals surface area (Å²) < 4.78 is 2.72. The van der Waals surface area contributed by atoms with Crippen molar-refractivity contribution in [2.75, 3.05) is 6.61 Å². The van der Waals surface area contributed by atoms with Gasteiger partial charge >= 0.3 is 0 Å². The molecule has 0 radical (unpaired) electrons. The van der Waals surface area contributed by atoms with E-state index in [0.717, 1.165) is 4.43 Å². The highest BCUT2D eigenvalue weighted by atomic mass is 127. The summed E-state index contributed by atoms with van der Waals surface area (Å²) in [5, 5.41) is 12.6. The first-order valence-electron chi connectivity index (χ1n) is 3.05. The average Bonchev–Trinajstić information content (AvgIpc) is 2.37. The van der Waals surface area contributed by atoms with Crippen molar-refractivity contribution in [3.8, 4) is 0 Å². The molecule has 0 unspecified atom stereocenters. The van der Waals surface area contributed by atoms with E-state index in [0.29, 0.717) is 6.54 Å². The number of halogens is 1. The van der Waals surface area contributed by atoms with Crippen LogP contribution >= 0.6 is 22.6 Å². The van der Waals surface area contributed by atoms with Crippen LogP contribution in [0.2, 0.25) is 0 Å². The van der Waals surface area contributed by atoms with Crippen LogP contribution < -0.4 is 0 Å². The van der Waals surface area contributed by atoms with Crippen molar-refractivity contribution in [2.45, 2.75) is 11.0 Å². The minimum absolute atomic E-state index is 0.155. The summed E-state index contributed by atoms with van der Waals surface area (Å²) in [6.07, 6.45) is 3.77. The average molecular weight is 252 g/mol. The number of rotatable bonds is 3. The number of hydrogen-bond acceptors (Lipinski definition) is 2. The molecule has 0 aliphatic heterocycles. The summed E-state index contributed by atoms with van der Waals surface area (Å²) in [6.45, 7) is 0.749. The second-order valence-corrected chi connectivity index (χ2v) is 2.73. The highest BCUT2D eigenvalue weighted by molar-refractivity contribution is 14.1. The zero-order valence-electron chi connectivity index (χ0n) is 5.50. The third-order valence-corrected chi connectivity index (χ3v) is 2.05. The van der Waals surface area contributed by atoms with E-state index >= 15 is 0 Å². The van der Waals surface area contributed by atoms with Gasteiger partial charge in [0.15, 0.2) is 0 Å². The first-order chi connectivity index (χ1) is 4.86. The second kappa shape index (κ2) is 3.92. The predicted octanol–water partition coefficient (Wildman–Crippen LogP) is 0.810. The van der Waals surface area contributed by atoms with Gasteiger partial charge in [0.2, 0.25) is 0 Å². The van der Waals surface area contributed by atoms with Crippen molar-refractivity contribution >= 4 is 22.6 Å². The molecule has 4 heteroatoms. The predicted molar refractivity (Wildman–Crippen MR) is 47.0 cm³/mol. The Morgan fingerprint density at radius 3 is 3.00 bits per heavy atom. The maximum atomic E-state index is 8.54. The summed E-state index contributed by atoms with van der Waals surface area (Å²) >= 11 is 2.28. The molecular weight excluding hydrogens is 243 g/mol. The van der Waals surface area contributed by atoms with E-state index in [9.17, 15) is 0 Å². The van der Waals surface area contributed by atoms with Crippen LogP contribution in [0.1, 0.15) is 5.56 Å². The highest BCUT2D eigenvalue weighted by Gasteiger charge is 1.93. The summed E-state index contributed by atoms with van der Waals surface area (Å²) in [5.74, 6) is 0. The number of aliphatic hydroxyl groups excluding tert-OH is 1. The van der Waals surface area contributed by atoms with Crippen molar-refractivity contribution in [1.82, 2.24) is 9.78 Å². The molecule has 0 aliphatic rings. The van der Waals surface area contributed by atoms with E-state index < -0.39 is 0 Å². The molecular formula is C6H9IN2O. The molecule has 3 nitrogen and oxygen atoms in total. The first-order valence-corrected chi connectivity index (χ1v) is 4.57. The molecule has 1 aromatic rings.